The summed E-state index contributed by atoms with van der Waals surface area (Å²) in [6, 6.07) is 21.2. The molecule has 0 saturated carbocycles. The van der Waals surface area contributed by atoms with E-state index in [0.717, 1.165) is 25.1 Å². The third-order valence-corrected chi connectivity index (χ3v) is 7.64. The van der Waals surface area contributed by atoms with Crippen LogP contribution in [0.3, 0.4) is 0 Å². The second-order valence-electron chi connectivity index (χ2n) is 10.5. The summed E-state index contributed by atoms with van der Waals surface area (Å²) in [5, 5.41) is 11.5. The molecule has 1 amide bonds. The number of Topliss-reactive ketones (excluding diaryl/α,β-unsaturated/α-hetero) is 1. The average Bonchev–Trinajstić information content (AvgIpc) is 3.31. The van der Waals surface area contributed by atoms with E-state index in [9.17, 15) is 14.7 Å². The zero-order valence-electron chi connectivity index (χ0n) is 24.7. The van der Waals surface area contributed by atoms with E-state index in [1.807, 2.05) is 43.3 Å². The van der Waals surface area contributed by atoms with Crippen LogP contribution in [0.4, 0.5) is 0 Å². The Morgan fingerprint density at radius 2 is 1.67 bits per heavy atom. The van der Waals surface area contributed by atoms with Crippen molar-refractivity contribution in [1.82, 2.24) is 9.80 Å². The molecule has 3 aromatic rings. The fraction of sp³-hybridized carbons (Fsp3) is 0.353. The van der Waals surface area contributed by atoms with Gasteiger partial charge in [-0.3, -0.25) is 14.5 Å². The maximum atomic E-state index is 13.5. The molecule has 0 aromatic heterocycles. The number of carbonyl (C=O) groups is 2. The molecular weight excluding hydrogens is 548 g/mol. The summed E-state index contributed by atoms with van der Waals surface area (Å²) in [5.74, 6) is 0.0530. The van der Waals surface area contributed by atoms with Crippen LogP contribution in [0, 0.1) is 0 Å². The summed E-state index contributed by atoms with van der Waals surface area (Å²) < 4.78 is 22.9. The van der Waals surface area contributed by atoms with Crippen molar-refractivity contribution in [3.63, 3.8) is 0 Å². The molecule has 2 fully saturated rings. The minimum atomic E-state index is -0.811. The first-order valence-electron chi connectivity index (χ1n) is 14.7. The monoisotopic (exact) mass is 586 g/mol. The minimum absolute atomic E-state index is 0.0363. The summed E-state index contributed by atoms with van der Waals surface area (Å²) in [6.07, 6.45) is 0.870. The highest BCUT2D eigenvalue weighted by Gasteiger charge is 2.46. The van der Waals surface area contributed by atoms with Crippen LogP contribution in [0.15, 0.2) is 78.4 Å². The molecule has 2 aliphatic heterocycles. The van der Waals surface area contributed by atoms with Gasteiger partial charge in [0.05, 0.1) is 38.5 Å². The Hall–Kier alpha value is -4.34. The second-order valence-corrected chi connectivity index (χ2v) is 10.5. The number of carbonyl (C=O) groups excluding carboxylic acids is 2. The lowest BCUT2D eigenvalue weighted by Crippen LogP contribution is -2.42. The van der Waals surface area contributed by atoms with Crippen LogP contribution in [0.1, 0.15) is 36.1 Å². The Labute approximate surface area is 252 Å². The van der Waals surface area contributed by atoms with Gasteiger partial charge in [0.25, 0.3) is 11.7 Å². The Bertz CT molecular complexity index is 1430. The highest BCUT2D eigenvalue weighted by atomic mass is 16.5. The number of ketones is 1. The largest absolute Gasteiger partial charge is 0.507 e. The first-order valence-corrected chi connectivity index (χ1v) is 14.7. The van der Waals surface area contributed by atoms with E-state index in [1.54, 1.807) is 48.4 Å². The molecule has 0 aliphatic carbocycles. The van der Waals surface area contributed by atoms with Gasteiger partial charge in [-0.15, -0.1) is 0 Å². The molecule has 226 valence electrons. The highest BCUT2D eigenvalue weighted by Crippen LogP contribution is 2.42. The Morgan fingerprint density at radius 1 is 0.930 bits per heavy atom. The number of aliphatic hydroxyl groups is 1. The van der Waals surface area contributed by atoms with Crippen LogP contribution in [0.5, 0.6) is 17.2 Å². The number of morpholine rings is 1. The number of hydrogen-bond donors (Lipinski definition) is 1. The fourth-order valence-corrected chi connectivity index (χ4v) is 5.32. The topological polar surface area (TPSA) is 97.8 Å². The molecule has 9 nitrogen and oxygen atoms in total. The smallest absolute Gasteiger partial charge is 0.295 e. The second kappa shape index (κ2) is 14.2. The van der Waals surface area contributed by atoms with Gasteiger partial charge in [-0.2, -0.15) is 0 Å². The molecule has 5 rings (SSSR count). The van der Waals surface area contributed by atoms with Gasteiger partial charge in [0.1, 0.15) is 18.1 Å². The van der Waals surface area contributed by atoms with E-state index in [1.165, 1.54) is 0 Å². The number of hydrogen-bond acceptors (Lipinski definition) is 8. The summed E-state index contributed by atoms with van der Waals surface area (Å²) in [4.78, 5) is 30.8. The predicted octanol–water partition coefficient (Wildman–Crippen LogP) is 4.82. The van der Waals surface area contributed by atoms with E-state index in [4.69, 9.17) is 18.9 Å². The first kappa shape index (κ1) is 30.1. The number of benzene rings is 3. The van der Waals surface area contributed by atoms with Crippen molar-refractivity contribution in [1.29, 1.82) is 0 Å². The predicted molar refractivity (Wildman–Crippen MR) is 162 cm³/mol. The molecule has 0 bridgehead atoms. The maximum absolute atomic E-state index is 13.5. The van der Waals surface area contributed by atoms with Crippen LogP contribution in [0.25, 0.3) is 5.76 Å². The van der Waals surface area contributed by atoms with Gasteiger partial charge in [-0.25, -0.2) is 0 Å². The third kappa shape index (κ3) is 7.01. The Kier molecular flexibility index (Phi) is 9.96. The average molecular weight is 587 g/mol. The van der Waals surface area contributed by atoms with E-state index >= 15 is 0 Å². The normalized spacial score (nSPS) is 18.6. The van der Waals surface area contributed by atoms with E-state index in [-0.39, 0.29) is 11.3 Å². The van der Waals surface area contributed by atoms with Gasteiger partial charge < -0.3 is 29.0 Å². The molecule has 1 N–H and O–H groups in total. The van der Waals surface area contributed by atoms with Crippen LogP contribution < -0.4 is 14.2 Å². The van der Waals surface area contributed by atoms with Crippen LogP contribution in [0.2, 0.25) is 0 Å². The molecule has 2 aliphatic rings. The molecule has 0 radical (unpaired) electrons. The van der Waals surface area contributed by atoms with Gasteiger partial charge in [0.2, 0.25) is 0 Å². The molecule has 1 atom stereocenters. The van der Waals surface area contributed by atoms with E-state index in [2.05, 4.69) is 4.90 Å². The third-order valence-electron chi connectivity index (χ3n) is 7.64. The number of aliphatic hydroxyl groups excluding tert-OH is 1. The van der Waals surface area contributed by atoms with Crippen molar-refractivity contribution < 1.29 is 33.6 Å². The van der Waals surface area contributed by atoms with Crippen molar-refractivity contribution in [2.75, 3.05) is 53.1 Å². The van der Waals surface area contributed by atoms with Crippen molar-refractivity contribution >= 4 is 17.4 Å². The zero-order valence-corrected chi connectivity index (χ0v) is 24.7. The first-order chi connectivity index (χ1) is 21.0. The number of nitrogens with zero attached hydrogens (tertiary/aromatic N) is 2. The van der Waals surface area contributed by atoms with E-state index < -0.39 is 17.7 Å². The lowest BCUT2D eigenvalue weighted by atomic mass is 9.95. The van der Waals surface area contributed by atoms with Gasteiger partial charge in [-0.05, 0) is 53.9 Å². The summed E-state index contributed by atoms with van der Waals surface area (Å²) in [6.45, 7) is 6.60. The maximum Gasteiger partial charge on any atom is 0.295 e. The van der Waals surface area contributed by atoms with Gasteiger partial charge >= 0.3 is 0 Å². The lowest BCUT2D eigenvalue weighted by Gasteiger charge is -2.31. The summed E-state index contributed by atoms with van der Waals surface area (Å²) >= 11 is 0. The van der Waals surface area contributed by atoms with Gasteiger partial charge in [0, 0.05) is 31.7 Å². The standard InChI is InChI=1S/C34H38N2O7/c1-3-19-42-27-12-9-25(10-13-27)32(37)30-31(36(34(39)33(30)38)16-15-35-17-20-41-21-18-35)26-11-14-28(29(22-26)40-2)43-23-24-7-5-4-6-8-24/h4-14,22,31,37H,3,15-21,23H2,1-2H3/b32-30+. The number of amides is 1. The quantitative estimate of drug-likeness (QED) is 0.183. The summed E-state index contributed by atoms with van der Waals surface area (Å²) in [7, 11) is 1.55. The number of methoxy groups -OCH3 is 1. The fourth-order valence-electron chi connectivity index (χ4n) is 5.32. The van der Waals surface area contributed by atoms with Crippen LogP contribution in [-0.4, -0.2) is 79.7 Å². The van der Waals surface area contributed by atoms with Crippen molar-refractivity contribution in [2.24, 2.45) is 0 Å². The van der Waals surface area contributed by atoms with Crippen LogP contribution in [-0.2, 0) is 20.9 Å². The number of rotatable bonds is 12. The van der Waals surface area contributed by atoms with Gasteiger partial charge in [0.15, 0.2) is 11.5 Å². The van der Waals surface area contributed by atoms with E-state index in [0.29, 0.717) is 67.9 Å². The van der Waals surface area contributed by atoms with Crippen molar-refractivity contribution in [3.8, 4) is 17.2 Å². The van der Waals surface area contributed by atoms with Crippen molar-refractivity contribution in [2.45, 2.75) is 26.0 Å². The number of ether oxygens (including phenoxy) is 4. The minimum Gasteiger partial charge on any atom is -0.507 e. The molecule has 3 aromatic carbocycles. The molecule has 1 unspecified atom stereocenters. The Morgan fingerprint density at radius 3 is 2.37 bits per heavy atom. The van der Waals surface area contributed by atoms with Crippen molar-refractivity contribution in [3.05, 3.63) is 95.1 Å². The zero-order chi connectivity index (χ0) is 30.2. The number of likely N-dealkylation sites (tertiary alicyclic amines) is 1. The van der Waals surface area contributed by atoms with Crippen LogP contribution >= 0.6 is 0 Å². The molecular formula is C34H38N2O7. The Balaban J connectivity index is 1.49. The molecule has 2 saturated heterocycles. The SMILES string of the molecule is CCCOc1ccc(/C(O)=C2\C(=O)C(=O)N(CCN3CCOCC3)C2c2ccc(OCc3ccccc3)c(OC)c2)cc1. The molecule has 0 spiro atoms. The highest BCUT2D eigenvalue weighted by molar-refractivity contribution is 6.46. The molecule has 2 heterocycles. The molecule has 43 heavy (non-hydrogen) atoms. The molecule has 9 heteroatoms. The van der Waals surface area contributed by atoms with Gasteiger partial charge in [-0.1, -0.05) is 43.3 Å². The lowest BCUT2D eigenvalue weighted by molar-refractivity contribution is -0.140. The summed E-state index contributed by atoms with van der Waals surface area (Å²) in [5.41, 5.74) is 2.11.